The molecular weight excluding hydrogens is 514 g/mol. The molecule has 4 aromatic rings. The second-order valence-corrected chi connectivity index (χ2v) is 10.2. The minimum Gasteiger partial charge on any atom is -0.507 e. The van der Waals surface area contributed by atoms with Crippen LogP contribution in [0.15, 0.2) is 76.9 Å². The Labute approximate surface area is 208 Å². The van der Waals surface area contributed by atoms with Crippen LogP contribution in [-0.4, -0.2) is 26.8 Å². The molecule has 1 amide bonds. The monoisotopic (exact) mass is 533 g/mol. The van der Waals surface area contributed by atoms with Crippen LogP contribution in [0.3, 0.4) is 0 Å². The van der Waals surface area contributed by atoms with Gasteiger partial charge in [0.25, 0.3) is 5.78 Å². The summed E-state index contributed by atoms with van der Waals surface area (Å²) in [6, 6.07) is 17.3. The Hall–Kier alpha value is -3.36. The molecule has 0 aliphatic carbocycles. The predicted molar refractivity (Wildman–Crippen MR) is 137 cm³/mol. The standard InChI is InChI=1S/C26H20BrN3O3S/c1-14(2)16-8-11-18-20(13-16)34-26(29-18)30-22(19-5-3-4-12-28-19)21(24(32)25(30)33)23(31)15-6-9-17(27)10-7-15/h3-14,22,31H,1-2H3/b23-21+. The lowest BCUT2D eigenvalue weighted by atomic mass is 9.98. The Morgan fingerprint density at radius 2 is 1.85 bits per heavy atom. The van der Waals surface area contributed by atoms with Gasteiger partial charge in [-0.25, -0.2) is 4.98 Å². The summed E-state index contributed by atoms with van der Waals surface area (Å²) in [6.45, 7) is 4.23. The summed E-state index contributed by atoms with van der Waals surface area (Å²) in [5.41, 5.74) is 2.82. The second kappa shape index (κ2) is 8.77. The van der Waals surface area contributed by atoms with Crippen molar-refractivity contribution in [2.45, 2.75) is 25.8 Å². The normalized spacial score (nSPS) is 17.8. The van der Waals surface area contributed by atoms with Crippen molar-refractivity contribution in [3.63, 3.8) is 0 Å². The van der Waals surface area contributed by atoms with Crippen molar-refractivity contribution in [3.8, 4) is 0 Å². The number of nitrogens with zero attached hydrogens (tertiary/aromatic N) is 3. The minimum atomic E-state index is -0.894. The predicted octanol–water partition coefficient (Wildman–Crippen LogP) is 6.20. The summed E-state index contributed by atoms with van der Waals surface area (Å²) < 4.78 is 1.76. The fourth-order valence-electron chi connectivity index (χ4n) is 4.00. The van der Waals surface area contributed by atoms with Crippen molar-refractivity contribution in [2.24, 2.45) is 0 Å². The molecule has 1 fully saturated rings. The van der Waals surface area contributed by atoms with Crippen molar-refractivity contribution < 1.29 is 14.7 Å². The molecule has 170 valence electrons. The molecule has 1 N–H and O–H groups in total. The van der Waals surface area contributed by atoms with Crippen LogP contribution in [0.25, 0.3) is 16.0 Å². The number of hydrogen-bond acceptors (Lipinski definition) is 6. The van der Waals surface area contributed by atoms with Gasteiger partial charge < -0.3 is 5.11 Å². The molecule has 5 rings (SSSR count). The number of anilines is 1. The Morgan fingerprint density at radius 3 is 2.53 bits per heavy atom. The molecule has 1 unspecified atom stereocenters. The van der Waals surface area contributed by atoms with Crippen LogP contribution in [0.2, 0.25) is 0 Å². The van der Waals surface area contributed by atoms with E-state index in [4.69, 9.17) is 0 Å². The zero-order valence-electron chi connectivity index (χ0n) is 18.4. The lowest BCUT2D eigenvalue weighted by Crippen LogP contribution is -2.29. The molecule has 34 heavy (non-hydrogen) atoms. The van der Waals surface area contributed by atoms with Crippen LogP contribution >= 0.6 is 27.3 Å². The summed E-state index contributed by atoms with van der Waals surface area (Å²) >= 11 is 4.72. The van der Waals surface area contributed by atoms with Crippen LogP contribution in [0.4, 0.5) is 5.13 Å². The summed E-state index contributed by atoms with van der Waals surface area (Å²) in [6.07, 6.45) is 1.60. The van der Waals surface area contributed by atoms with Crippen LogP contribution in [-0.2, 0) is 9.59 Å². The van der Waals surface area contributed by atoms with Gasteiger partial charge in [-0.2, -0.15) is 0 Å². The number of aromatic nitrogens is 2. The van der Waals surface area contributed by atoms with E-state index in [0.717, 1.165) is 14.7 Å². The van der Waals surface area contributed by atoms with Gasteiger partial charge in [-0.3, -0.25) is 19.5 Å². The molecule has 6 nitrogen and oxygen atoms in total. The van der Waals surface area contributed by atoms with E-state index in [1.807, 2.05) is 12.1 Å². The lowest BCUT2D eigenvalue weighted by molar-refractivity contribution is -0.132. The van der Waals surface area contributed by atoms with Crippen molar-refractivity contribution in [1.82, 2.24) is 9.97 Å². The quantitative estimate of drug-likeness (QED) is 0.191. The molecule has 1 atom stereocenters. The summed E-state index contributed by atoms with van der Waals surface area (Å²) in [5, 5.41) is 11.5. The molecular formula is C26H20BrN3O3S. The number of carbonyl (C=O) groups excluding carboxylic acids is 2. The topological polar surface area (TPSA) is 83.4 Å². The molecule has 0 radical (unpaired) electrons. The first-order chi connectivity index (χ1) is 16.3. The number of hydrogen-bond donors (Lipinski definition) is 1. The molecule has 0 spiro atoms. The average Bonchev–Trinajstić information content (AvgIpc) is 3.37. The van der Waals surface area contributed by atoms with Gasteiger partial charge in [-0.1, -0.05) is 65.4 Å². The molecule has 2 aromatic carbocycles. The van der Waals surface area contributed by atoms with E-state index in [0.29, 0.717) is 22.3 Å². The number of thiazole rings is 1. The third-order valence-electron chi connectivity index (χ3n) is 5.80. The zero-order chi connectivity index (χ0) is 24.0. The van der Waals surface area contributed by atoms with Gasteiger partial charge in [0, 0.05) is 16.2 Å². The van der Waals surface area contributed by atoms with E-state index in [2.05, 4.69) is 45.8 Å². The van der Waals surface area contributed by atoms with Crippen molar-refractivity contribution in [2.75, 3.05) is 4.90 Å². The van der Waals surface area contributed by atoms with Crippen LogP contribution in [0, 0.1) is 0 Å². The maximum absolute atomic E-state index is 13.3. The Morgan fingerprint density at radius 1 is 1.09 bits per heavy atom. The number of fused-ring (bicyclic) bond motifs is 1. The van der Waals surface area contributed by atoms with Gasteiger partial charge in [0.2, 0.25) is 0 Å². The highest BCUT2D eigenvalue weighted by Gasteiger charge is 2.48. The first kappa shape index (κ1) is 22.4. The molecule has 3 heterocycles. The third-order valence-corrected chi connectivity index (χ3v) is 7.35. The van der Waals surface area contributed by atoms with Gasteiger partial charge in [-0.05, 0) is 47.9 Å². The minimum absolute atomic E-state index is 0.00634. The number of pyridine rings is 1. The first-order valence-electron chi connectivity index (χ1n) is 10.7. The SMILES string of the molecule is CC(C)c1ccc2nc(N3C(=O)C(=O)/C(=C(/O)c4ccc(Br)cc4)C3c3ccccn3)sc2c1. The fraction of sp³-hybridized carbons (Fsp3) is 0.154. The zero-order valence-corrected chi connectivity index (χ0v) is 20.8. The van der Waals surface area contributed by atoms with Crippen molar-refractivity contribution >= 4 is 60.1 Å². The third kappa shape index (κ3) is 3.82. The van der Waals surface area contributed by atoms with E-state index in [1.54, 1.807) is 48.7 Å². The molecule has 0 bridgehead atoms. The second-order valence-electron chi connectivity index (χ2n) is 8.31. The Bertz CT molecular complexity index is 1450. The van der Waals surface area contributed by atoms with Gasteiger partial charge in [0.05, 0.1) is 21.5 Å². The summed E-state index contributed by atoms with van der Waals surface area (Å²) in [5.74, 6) is -1.40. The Kier molecular flexibility index (Phi) is 5.79. The smallest absolute Gasteiger partial charge is 0.301 e. The van der Waals surface area contributed by atoms with Crippen molar-refractivity contribution in [1.29, 1.82) is 0 Å². The maximum atomic E-state index is 13.3. The van der Waals surface area contributed by atoms with E-state index in [9.17, 15) is 14.7 Å². The van der Waals surface area contributed by atoms with Crippen LogP contribution in [0.1, 0.15) is 42.6 Å². The average molecular weight is 534 g/mol. The number of halogens is 1. The van der Waals surface area contributed by atoms with Crippen molar-refractivity contribution in [3.05, 3.63) is 93.7 Å². The highest BCUT2D eigenvalue weighted by Crippen LogP contribution is 2.44. The molecule has 1 aliphatic rings. The number of carbonyl (C=O) groups is 2. The molecule has 8 heteroatoms. The number of rotatable bonds is 4. The molecule has 0 saturated carbocycles. The lowest BCUT2D eigenvalue weighted by Gasteiger charge is -2.21. The van der Waals surface area contributed by atoms with Crippen LogP contribution in [0.5, 0.6) is 0 Å². The largest absolute Gasteiger partial charge is 0.507 e. The number of aliphatic hydroxyl groups is 1. The first-order valence-corrected chi connectivity index (χ1v) is 12.3. The van der Waals surface area contributed by atoms with E-state index in [1.165, 1.54) is 21.8 Å². The number of benzene rings is 2. The Balaban J connectivity index is 1.70. The highest BCUT2D eigenvalue weighted by atomic mass is 79.9. The fourth-order valence-corrected chi connectivity index (χ4v) is 5.31. The van der Waals surface area contributed by atoms with Gasteiger partial charge >= 0.3 is 5.91 Å². The molecule has 2 aromatic heterocycles. The number of Topliss-reactive ketones (excluding diaryl/α,β-unsaturated/α-hetero) is 1. The molecule has 1 aliphatic heterocycles. The number of ketones is 1. The van der Waals surface area contributed by atoms with Gasteiger partial charge in [-0.15, -0.1) is 0 Å². The maximum Gasteiger partial charge on any atom is 0.301 e. The summed E-state index contributed by atoms with van der Waals surface area (Å²) in [7, 11) is 0. The van der Waals surface area contributed by atoms with Gasteiger partial charge in [0.15, 0.2) is 5.13 Å². The summed E-state index contributed by atoms with van der Waals surface area (Å²) in [4.78, 5) is 37.0. The van der Waals surface area contributed by atoms with Gasteiger partial charge in [0.1, 0.15) is 11.8 Å². The molecule has 1 saturated heterocycles. The highest BCUT2D eigenvalue weighted by molar-refractivity contribution is 9.10. The van der Waals surface area contributed by atoms with E-state index >= 15 is 0 Å². The number of amides is 1. The number of aliphatic hydroxyl groups excluding tert-OH is 1. The van der Waals surface area contributed by atoms with E-state index in [-0.39, 0.29) is 11.3 Å². The van der Waals surface area contributed by atoms with E-state index < -0.39 is 17.7 Å². The van der Waals surface area contributed by atoms with Crippen LogP contribution < -0.4 is 4.90 Å².